The van der Waals surface area contributed by atoms with Crippen LogP contribution in [0.5, 0.6) is 11.5 Å². The Hall–Kier alpha value is -3.02. The topological polar surface area (TPSA) is 134 Å². The quantitative estimate of drug-likeness (QED) is 0.154. The van der Waals surface area contributed by atoms with E-state index in [1.54, 1.807) is 59.5 Å². The summed E-state index contributed by atoms with van der Waals surface area (Å²) in [6.07, 6.45) is 2.99. The number of halogens is 3. The second-order valence-electron chi connectivity index (χ2n) is 11.0. The van der Waals surface area contributed by atoms with Crippen LogP contribution >= 0.6 is 10.8 Å². The van der Waals surface area contributed by atoms with Crippen molar-refractivity contribution in [1.29, 1.82) is 0 Å². The lowest BCUT2D eigenvalue weighted by Gasteiger charge is -2.52. The van der Waals surface area contributed by atoms with Gasteiger partial charge in [-0.05, 0) is 48.7 Å². The second kappa shape index (κ2) is 13.2. The Kier molecular flexibility index (Phi) is 10.3. The highest BCUT2D eigenvalue weighted by atomic mass is 32.3. The average Bonchev–Trinajstić information content (AvgIpc) is 3.06. The minimum atomic E-state index is -6.34. The van der Waals surface area contributed by atoms with Gasteiger partial charge in [0, 0.05) is 31.1 Å². The van der Waals surface area contributed by atoms with Crippen LogP contribution in [-0.4, -0.2) is 61.2 Å². The molecule has 0 radical (unpaired) electrons. The molecule has 2 N–H and O–H groups in total. The predicted octanol–water partition coefficient (Wildman–Crippen LogP) is 7.34. The predicted molar refractivity (Wildman–Crippen MR) is 171 cm³/mol. The summed E-state index contributed by atoms with van der Waals surface area (Å²) in [5.74, 6) is -0.631. The number of fused-ring (bicyclic) bond motifs is 1. The Morgan fingerprint density at radius 3 is 2.13 bits per heavy atom. The number of rotatable bonds is 11. The van der Waals surface area contributed by atoms with Gasteiger partial charge in [-0.15, -0.1) is 10.8 Å². The molecule has 3 aromatic rings. The first-order valence-corrected chi connectivity index (χ1v) is 19.1. The summed E-state index contributed by atoms with van der Waals surface area (Å²) in [6, 6.07) is 17.2. The van der Waals surface area contributed by atoms with E-state index in [1.807, 2.05) is 13.8 Å². The van der Waals surface area contributed by atoms with Gasteiger partial charge in [-0.25, -0.2) is 8.42 Å². The molecule has 46 heavy (non-hydrogen) atoms. The molecule has 0 amide bonds. The van der Waals surface area contributed by atoms with Crippen LogP contribution in [0.2, 0.25) is 0 Å². The van der Waals surface area contributed by atoms with Crippen molar-refractivity contribution in [2.24, 2.45) is 0 Å². The van der Waals surface area contributed by atoms with E-state index in [0.29, 0.717) is 48.6 Å². The van der Waals surface area contributed by atoms with Gasteiger partial charge >= 0.3 is 15.6 Å². The van der Waals surface area contributed by atoms with Gasteiger partial charge in [0.2, 0.25) is 0 Å². The molecule has 10 nitrogen and oxygen atoms in total. The number of ether oxygens (including phenoxy) is 1. The van der Waals surface area contributed by atoms with Crippen molar-refractivity contribution in [3.8, 4) is 11.5 Å². The van der Waals surface area contributed by atoms with Crippen molar-refractivity contribution in [2.45, 2.75) is 66.9 Å². The molecular formula is C30H37F3N2O8S3. The van der Waals surface area contributed by atoms with E-state index in [2.05, 4.69) is 4.18 Å². The number of nitrogens with zero attached hydrogens (tertiary/aromatic N) is 2. The van der Waals surface area contributed by atoms with Gasteiger partial charge in [0.1, 0.15) is 15.5 Å². The average molecular weight is 707 g/mol. The molecule has 16 heteroatoms. The summed E-state index contributed by atoms with van der Waals surface area (Å²) in [7, 11) is -13.4. The van der Waals surface area contributed by atoms with E-state index in [0.717, 1.165) is 12.5 Å². The van der Waals surface area contributed by atoms with E-state index in [1.165, 1.54) is 11.4 Å². The summed E-state index contributed by atoms with van der Waals surface area (Å²) in [6.45, 7) is 3.96. The molecule has 0 spiro atoms. The van der Waals surface area contributed by atoms with E-state index in [4.69, 9.17) is 4.74 Å². The maximum Gasteiger partial charge on any atom is 0.534 e. The number of methoxy groups -OCH3 is 1. The fourth-order valence-corrected chi connectivity index (χ4v) is 8.91. The number of alkyl halides is 3. The standard InChI is InChI=1S/C30H37F3N2O8S3/c1-5-7-17-29(6-2)21-34(23-11-9-8-10-12-23)25-18-28(44(4,36)37)26(43-46(40,41)30(31,32)33)19-27(25)45(38,39)35(29)20-22-13-15-24(42-3)16-14-22/h8-16,18-19,38-39H,5-7,17,20-21H2,1-4H3. The summed E-state index contributed by atoms with van der Waals surface area (Å²) >= 11 is 0. The molecule has 1 atom stereocenters. The Balaban J connectivity index is 2.08. The SMILES string of the molecule is CCCCC1(CC)CN(c2ccccc2)c2cc(S(C)(=O)=O)c(OS(=O)(=O)C(F)(F)F)cc2S(O)(O)N1Cc1ccc(OC)cc1. The van der Waals surface area contributed by atoms with Crippen molar-refractivity contribution in [1.82, 2.24) is 4.31 Å². The molecule has 4 rings (SSSR count). The minimum absolute atomic E-state index is 0.0309. The van der Waals surface area contributed by atoms with Crippen LogP contribution in [0, 0.1) is 0 Å². The smallest absolute Gasteiger partial charge is 0.497 e. The Morgan fingerprint density at radius 1 is 0.978 bits per heavy atom. The molecule has 0 aromatic heterocycles. The van der Waals surface area contributed by atoms with Gasteiger partial charge < -0.3 is 13.8 Å². The highest BCUT2D eigenvalue weighted by Crippen LogP contribution is 2.64. The molecule has 3 aromatic carbocycles. The Labute approximate surface area is 269 Å². The second-order valence-corrected chi connectivity index (χ2v) is 16.5. The highest BCUT2D eigenvalue weighted by Gasteiger charge is 2.51. The lowest BCUT2D eigenvalue weighted by atomic mass is 9.88. The van der Waals surface area contributed by atoms with Crippen molar-refractivity contribution in [3.05, 3.63) is 72.3 Å². The first-order chi connectivity index (χ1) is 21.4. The van der Waals surface area contributed by atoms with Crippen molar-refractivity contribution in [2.75, 3.05) is 24.8 Å². The first-order valence-electron chi connectivity index (χ1n) is 14.3. The number of benzene rings is 3. The van der Waals surface area contributed by atoms with E-state index in [-0.39, 0.29) is 18.8 Å². The fourth-order valence-electron chi connectivity index (χ4n) is 5.50. The number of sulfone groups is 1. The summed E-state index contributed by atoms with van der Waals surface area (Å²) in [5.41, 5.74) is -5.70. The third-order valence-electron chi connectivity index (χ3n) is 7.99. The lowest BCUT2D eigenvalue weighted by molar-refractivity contribution is -0.0501. The van der Waals surface area contributed by atoms with Crippen molar-refractivity contribution in [3.63, 3.8) is 0 Å². The largest absolute Gasteiger partial charge is 0.534 e. The van der Waals surface area contributed by atoms with Crippen molar-refractivity contribution < 1.29 is 48.0 Å². The number of unbranched alkanes of at least 4 members (excludes halogenated alkanes) is 1. The maximum absolute atomic E-state index is 13.4. The normalized spacial score (nSPS) is 19.6. The molecule has 254 valence electrons. The third kappa shape index (κ3) is 7.11. The molecule has 1 heterocycles. The summed E-state index contributed by atoms with van der Waals surface area (Å²) < 4.78 is 126. The third-order valence-corrected chi connectivity index (χ3v) is 12.1. The molecular weight excluding hydrogens is 670 g/mol. The molecule has 0 fully saturated rings. The fraction of sp³-hybridized carbons (Fsp3) is 0.400. The van der Waals surface area contributed by atoms with Gasteiger partial charge in [-0.1, -0.05) is 57.0 Å². The van der Waals surface area contributed by atoms with Crippen LogP contribution in [-0.2, 0) is 26.5 Å². The zero-order chi connectivity index (χ0) is 34.1. The molecule has 0 saturated carbocycles. The van der Waals surface area contributed by atoms with E-state index < -0.39 is 57.3 Å². The summed E-state index contributed by atoms with van der Waals surface area (Å²) in [4.78, 5) is 0.430. The highest BCUT2D eigenvalue weighted by molar-refractivity contribution is 8.22. The van der Waals surface area contributed by atoms with Crippen molar-refractivity contribution >= 4 is 42.1 Å². The minimum Gasteiger partial charge on any atom is -0.497 e. The van der Waals surface area contributed by atoms with E-state index >= 15 is 0 Å². The zero-order valence-electron chi connectivity index (χ0n) is 25.7. The Bertz CT molecular complexity index is 1750. The molecule has 1 aliphatic heterocycles. The first kappa shape index (κ1) is 35.8. The summed E-state index contributed by atoms with van der Waals surface area (Å²) in [5, 5.41) is 0. The van der Waals surface area contributed by atoms with Gasteiger partial charge in [0.25, 0.3) is 0 Å². The van der Waals surface area contributed by atoms with Gasteiger partial charge in [0.15, 0.2) is 15.6 Å². The van der Waals surface area contributed by atoms with Crippen LogP contribution < -0.4 is 13.8 Å². The molecule has 0 bridgehead atoms. The van der Waals surface area contributed by atoms with Gasteiger partial charge in [0.05, 0.1) is 18.3 Å². The van der Waals surface area contributed by atoms with Crippen LogP contribution in [0.25, 0.3) is 0 Å². The number of para-hydroxylation sites is 1. The number of anilines is 2. The lowest BCUT2D eigenvalue weighted by Crippen LogP contribution is -2.53. The maximum atomic E-state index is 13.4. The van der Waals surface area contributed by atoms with E-state index in [9.17, 15) is 39.1 Å². The molecule has 1 aliphatic rings. The number of hydrogen-bond donors (Lipinski definition) is 2. The Morgan fingerprint density at radius 2 is 1.61 bits per heavy atom. The zero-order valence-corrected chi connectivity index (χ0v) is 28.1. The van der Waals surface area contributed by atoms with Crippen LogP contribution in [0.15, 0.2) is 76.5 Å². The number of hydrogen-bond acceptors (Lipinski definition) is 10. The monoisotopic (exact) mass is 706 g/mol. The molecule has 0 saturated heterocycles. The van der Waals surface area contributed by atoms with Gasteiger partial charge in [-0.2, -0.15) is 25.9 Å². The van der Waals surface area contributed by atoms with Crippen LogP contribution in [0.1, 0.15) is 45.1 Å². The van der Waals surface area contributed by atoms with Crippen LogP contribution in [0.4, 0.5) is 24.5 Å². The van der Waals surface area contributed by atoms with Gasteiger partial charge in [-0.3, -0.25) is 9.11 Å². The molecule has 0 aliphatic carbocycles. The molecule has 1 unspecified atom stereocenters. The van der Waals surface area contributed by atoms with Crippen LogP contribution in [0.3, 0.4) is 0 Å².